The monoisotopic (exact) mass is 439 g/mol. The smallest absolute Gasteiger partial charge is 0.234 e. The van der Waals surface area contributed by atoms with Crippen molar-refractivity contribution in [2.45, 2.75) is 50.2 Å². The Morgan fingerprint density at radius 2 is 1.97 bits per heavy atom. The topological polar surface area (TPSA) is 83.6 Å². The number of thiophene rings is 1. The molecule has 0 saturated heterocycles. The molecule has 0 saturated carbocycles. The summed E-state index contributed by atoms with van der Waals surface area (Å²) in [4.78, 5) is 13.8. The molecule has 2 atom stereocenters. The lowest BCUT2D eigenvalue weighted by Crippen LogP contribution is -2.51. The van der Waals surface area contributed by atoms with Crippen LogP contribution in [0.2, 0.25) is 0 Å². The summed E-state index contributed by atoms with van der Waals surface area (Å²) < 4.78 is 2.04. The Kier molecular flexibility index (Phi) is 6.95. The molecule has 6 nitrogen and oxygen atoms in total. The van der Waals surface area contributed by atoms with Crippen LogP contribution in [0.1, 0.15) is 33.3 Å². The molecule has 156 valence electrons. The van der Waals surface area contributed by atoms with Gasteiger partial charge in [-0.25, -0.2) is 0 Å². The first-order valence-corrected chi connectivity index (χ1v) is 11.5. The molecule has 2 unspecified atom stereocenters. The molecule has 1 aromatic carbocycles. The van der Waals surface area contributed by atoms with Gasteiger partial charge in [-0.05, 0) is 36.8 Å². The number of carbonyl (C=O) groups excluding carboxylic acids is 1. The van der Waals surface area contributed by atoms with E-state index >= 15 is 0 Å². The Hall–Kier alpha value is -2.63. The third-order valence-electron chi connectivity index (χ3n) is 5.06. The van der Waals surface area contributed by atoms with Crippen LogP contribution in [0.3, 0.4) is 0 Å². The largest absolute Gasteiger partial charge is 0.337 e. The maximum Gasteiger partial charge on any atom is 0.234 e. The van der Waals surface area contributed by atoms with Crippen LogP contribution in [0.25, 0.3) is 10.7 Å². The maximum atomic E-state index is 12.8. The number of rotatable bonds is 8. The van der Waals surface area contributed by atoms with Gasteiger partial charge < -0.3 is 5.32 Å². The van der Waals surface area contributed by atoms with Gasteiger partial charge in [0.2, 0.25) is 5.91 Å². The van der Waals surface area contributed by atoms with Crippen molar-refractivity contribution in [2.75, 3.05) is 0 Å². The molecule has 3 rings (SSSR count). The molecule has 0 aliphatic carbocycles. The summed E-state index contributed by atoms with van der Waals surface area (Å²) in [6.45, 7) is 8.03. The zero-order valence-electron chi connectivity index (χ0n) is 17.5. The summed E-state index contributed by atoms with van der Waals surface area (Å²) in [5, 5.41) is 23.4. The van der Waals surface area contributed by atoms with Crippen molar-refractivity contribution in [1.29, 1.82) is 5.26 Å². The van der Waals surface area contributed by atoms with E-state index in [2.05, 4.69) is 33.7 Å². The summed E-state index contributed by atoms with van der Waals surface area (Å²) in [5.41, 5.74) is 0.220. The van der Waals surface area contributed by atoms with E-state index in [0.717, 1.165) is 16.3 Å². The fraction of sp³-hybridized carbons (Fsp3) is 0.364. The summed E-state index contributed by atoms with van der Waals surface area (Å²) >= 11 is 2.96. The van der Waals surface area contributed by atoms with Crippen LogP contribution in [0.5, 0.6) is 0 Å². The molecule has 0 radical (unpaired) electrons. The van der Waals surface area contributed by atoms with E-state index < -0.39 is 10.8 Å². The van der Waals surface area contributed by atoms with Gasteiger partial charge in [0.1, 0.15) is 5.54 Å². The van der Waals surface area contributed by atoms with Crippen molar-refractivity contribution in [3.8, 4) is 16.8 Å². The molecular formula is C22H25N5OS2. The highest BCUT2D eigenvalue weighted by atomic mass is 32.2. The molecule has 2 heterocycles. The lowest BCUT2D eigenvalue weighted by molar-refractivity contribution is -0.121. The first-order valence-electron chi connectivity index (χ1n) is 9.75. The minimum absolute atomic E-state index is 0.00388. The minimum atomic E-state index is -0.911. The van der Waals surface area contributed by atoms with Crippen molar-refractivity contribution in [3.05, 3.63) is 53.4 Å². The molecule has 1 amide bonds. The number of aromatic nitrogens is 3. The van der Waals surface area contributed by atoms with Gasteiger partial charge in [-0.2, -0.15) is 5.26 Å². The number of nitrogens with zero attached hydrogens (tertiary/aromatic N) is 4. The van der Waals surface area contributed by atoms with E-state index in [1.54, 1.807) is 18.3 Å². The number of benzene rings is 1. The van der Waals surface area contributed by atoms with E-state index in [4.69, 9.17) is 0 Å². The highest BCUT2D eigenvalue weighted by Crippen LogP contribution is 2.30. The van der Waals surface area contributed by atoms with E-state index in [1.165, 1.54) is 11.8 Å². The van der Waals surface area contributed by atoms with E-state index in [1.807, 2.05) is 61.1 Å². The summed E-state index contributed by atoms with van der Waals surface area (Å²) in [7, 11) is 0. The molecule has 8 heteroatoms. The summed E-state index contributed by atoms with van der Waals surface area (Å²) in [6, 6.07) is 16.3. The van der Waals surface area contributed by atoms with Gasteiger partial charge >= 0.3 is 0 Å². The predicted octanol–water partition coefficient (Wildman–Crippen LogP) is 4.59. The first-order chi connectivity index (χ1) is 14.3. The molecule has 3 aromatic rings. The lowest BCUT2D eigenvalue weighted by Gasteiger charge is -2.28. The molecule has 0 bridgehead atoms. The molecule has 30 heavy (non-hydrogen) atoms. The van der Waals surface area contributed by atoms with Crippen molar-refractivity contribution < 1.29 is 4.79 Å². The van der Waals surface area contributed by atoms with Crippen LogP contribution < -0.4 is 5.32 Å². The minimum Gasteiger partial charge on any atom is -0.337 e. The molecule has 1 N–H and O–H groups in total. The fourth-order valence-electron chi connectivity index (χ4n) is 2.74. The molecule has 0 fully saturated rings. The standard InChI is InChI=1S/C22H25N5OS2/c1-15(2)22(4,14-23)24-20(28)16(3)30-21-26-25-19(18-11-8-12-29-18)27(21)13-17-9-6-5-7-10-17/h5-12,15-16H,13H2,1-4H3,(H,24,28). The second-order valence-corrected chi connectivity index (χ2v) is 9.83. The van der Waals surface area contributed by atoms with Crippen molar-refractivity contribution in [3.63, 3.8) is 0 Å². The zero-order valence-corrected chi connectivity index (χ0v) is 19.1. The highest BCUT2D eigenvalue weighted by Gasteiger charge is 2.32. The highest BCUT2D eigenvalue weighted by molar-refractivity contribution is 8.00. The number of carbonyl (C=O) groups is 1. The number of nitriles is 1. The van der Waals surface area contributed by atoms with E-state index in [0.29, 0.717) is 11.7 Å². The zero-order chi connectivity index (χ0) is 21.7. The Morgan fingerprint density at radius 3 is 2.57 bits per heavy atom. The fourth-order valence-corrected chi connectivity index (χ4v) is 4.31. The van der Waals surface area contributed by atoms with Crippen LogP contribution in [0.15, 0.2) is 53.0 Å². The molecular weight excluding hydrogens is 414 g/mol. The van der Waals surface area contributed by atoms with E-state index in [9.17, 15) is 10.1 Å². The number of nitrogens with one attached hydrogen (secondary N) is 1. The van der Waals surface area contributed by atoms with Gasteiger partial charge in [0.25, 0.3) is 0 Å². The van der Waals surface area contributed by atoms with Gasteiger partial charge in [-0.1, -0.05) is 62.0 Å². The summed E-state index contributed by atoms with van der Waals surface area (Å²) in [5.74, 6) is 0.591. The van der Waals surface area contributed by atoms with Crippen LogP contribution in [0.4, 0.5) is 0 Å². The molecule has 0 aliphatic heterocycles. The second-order valence-electron chi connectivity index (χ2n) is 7.57. The third kappa shape index (κ3) is 4.91. The third-order valence-corrected chi connectivity index (χ3v) is 7.01. The average molecular weight is 440 g/mol. The van der Waals surface area contributed by atoms with Gasteiger partial charge in [0, 0.05) is 0 Å². The number of hydrogen-bond donors (Lipinski definition) is 1. The predicted molar refractivity (Wildman–Crippen MR) is 121 cm³/mol. The number of amides is 1. The van der Waals surface area contributed by atoms with Gasteiger partial charge in [0.05, 0.1) is 22.7 Å². The first kappa shape index (κ1) is 22.1. The van der Waals surface area contributed by atoms with Crippen molar-refractivity contribution >= 4 is 29.0 Å². The Bertz CT molecular complexity index is 1020. The van der Waals surface area contributed by atoms with Crippen molar-refractivity contribution in [2.24, 2.45) is 5.92 Å². The van der Waals surface area contributed by atoms with Crippen LogP contribution in [0, 0.1) is 17.2 Å². The summed E-state index contributed by atoms with van der Waals surface area (Å²) in [6.07, 6.45) is 0. The van der Waals surface area contributed by atoms with Crippen LogP contribution >= 0.6 is 23.1 Å². The van der Waals surface area contributed by atoms with Crippen LogP contribution in [-0.2, 0) is 11.3 Å². The Morgan fingerprint density at radius 1 is 1.23 bits per heavy atom. The van der Waals surface area contributed by atoms with Crippen LogP contribution in [-0.4, -0.2) is 31.5 Å². The lowest BCUT2D eigenvalue weighted by atomic mass is 9.90. The van der Waals surface area contributed by atoms with E-state index in [-0.39, 0.29) is 11.8 Å². The molecule has 0 aliphatic rings. The van der Waals surface area contributed by atoms with Gasteiger partial charge in [0.15, 0.2) is 11.0 Å². The van der Waals surface area contributed by atoms with Gasteiger partial charge in [-0.15, -0.1) is 21.5 Å². The Labute approximate surface area is 185 Å². The number of hydrogen-bond acceptors (Lipinski definition) is 6. The SMILES string of the molecule is CC(Sc1nnc(-c2cccs2)n1Cc1ccccc1)C(=O)NC(C)(C#N)C(C)C. The Balaban J connectivity index is 1.85. The van der Waals surface area contributed by atoms with Crippen molar-refractivity contribution in [1.82, 2.24) is 20.1 Å². The normalized spacial score (nSPS) is 14.1. The number of thioether (sulfide) groups is 1. The maximum absolute atomic E-state index is 12.8. The quantitative estimate of drug-likeness (QED) is 0.519. The van der Waals surface area contributed by atoms with Gasteiger partial charge in [-0.3, -0.25) is 9.36 Å². The molecule has 2 aromatic heterocycles. The second kappa shape index (κ2) is 9.45. The average Bonchev–Trinajstić information content (AvgIpc) is 3.39. The molecule has 0 spiro atoms.